The minimum atomic E-state index is -0.429. The van der Waals surface area contributed by atoms with Gasteiger partial charge in [0.15, 0.2) is 0 Å². The Morgan fingerprint density at radius 2 is 2.17 bits per heavy atom. The van der Waals surface area contributed by atoms with Gasteiger partial charge >= 0.3 is 0 Å². The van der Waals surface area contributed by atoms with E-state index in [1.165, 1.54) is 6.07 Å². The molecule has 1 aromatic carbocycles. The Hall–Kier alpha value is -1.04. The van der Waals surface area contributed by atoms with Gasteiger partial charge in [0.05, 0.1) is 13.2 Å². The highest BCUT2D eigenvalue weighted by atomic mass is 32.1. The Morgan fingerprint density at radius 1 is 1.44 bits per heavy atom. The third kappa shape index (κ3) is 3.25. The van der Waals surface area contributed by atoms with Crippen LogP contribution in [0.5, 0.6) is 5.75 Å². The molecule has 18 heavy (non-hydrogen) atoms. The van der Waals surface area contributed by atoms with Crippen LogP contribution in [0.3, 0.4) is 0 Å². The molecule has 1 aliphatic rings. The van der Waals surface area contributed by atoms with Crippen molar-refractivity contribution in [1.82, 2.24) is 4.90 Å². The fourth-order valence-corrected chi connectivity index (χ4v) is 2.38. The number of rotatable bonds is 4. The van der Waals surface area contributed by atoms with Crippen molar-refractivity contribution >= 4 is 17.6 Å². The number of ether oxygens (including phenoxy) is 1. The highest BCUT2D eigenvalue weighted by molar-refractivity contribution is 7.79. The lowest BCUT2D eigenvalue weighted by molar-refractivity contribution is 0.0300. The second-order valence-corrected chi connectivity index (χ2v) is 4.60. The molecule has 1 heterocycles. The number of benzene rings is 1. The van der Waals surface area contributed by atoms with E-state index >= 15 is 0 Å². The molecular weight excluding hydrogens is 253 g/mol. The van der Waals surface area contributed by atoms with Crippen molar-refractivity contribution in [2.75, 3.05) is 26.3 Å². The van der Waals surface area contributed by atoms with Crippen molar-refractivity contribution in [2.45, 2.75) is 12.5 Å². The van der Waals surface area contributed by atoms with E-state index in [9.17, 15) is 9.50 Å². The van der Waals surface area contributed by atoms with Crippen LogP contribution >= 0.6 is 12.2 Å². The van der Waals surface area contributed by atoms with E-state index < -0.39 is 5.82 Å². The molecule has 0 radical (unpaired) electrons. The molecule has 98 valence electrons. The molecule has 1 aromatic rings. The maximum Gasteiger partial charge on any atom is 0.126 e. The average Bonchev–Trinajstić information content (AvgIpc) is 2.39. The molecule has 1 fully saturated rings. The van der Waals surface area contributed by atoms with E-state index in [0.29, 0.717) is 25.2 Å². The van der Waals surface area contributed by atoms with Crippen LogP contribution in [0.25, 0.3) is 0 Å². The van der Waals surface area contributed by atoms with Crippen molar-refractivity contribution in [2.24, 2.45) is 0 Å². The Balaban J connectivity index is 2.07. The lowest BCUT2D eigenvalue weighted by atomic mass is 10.0. The van der Waals surface area contributed by atoms with Gasteiger partial charge in [-0.2, -0.15) is 0 Å². The molecule has 0 spiro atoms. The molecule has 0 aliphatic carbocycles. The smallest absolute Gasteiger partial charge is 0.126 e. The van der Waals surface area contributed by atoms with Crippen LogP contribution in [0, 0.1) is 5.82 Å². The molecule has 0 amide bonds. The summed E-state index contributed by atoms with van der Waals surface area (Å²) in [5, 5.41) is 11.4. The van der Waals surface area contributed by atoms with Crippen LogP contribution in [0.15, 0.2) is 18.2 Å². The molecular formula is C13H16FNO2S. The van der Waals surface area contributed by atoms with Gasteiger partial charge in [0, 0.05) is 25.2 Å². The van der Waals surface area contributed by atoms with E-state index in [-0.39, 0.29) is 11.8 Å². The molecule has 1 aliphatic heterocycles. The fraction of sp³-hybridized carbons (Fsp3) is 0.462. The minimum absolute atomic E-state index is 0.00916. The monoisotopic (exact) mass is 269 g/mol. The van der Waals surface area contributed by atoms with E-state index in [1.807, 2.05) is 0 Å². The maximum absolute atomic E-state index is 12.9. The lowest BCUT2D eigenvalue weighted by Gasteiger charge is -2.32. The Labute approximate surface area is 111 Å². The van der Waals surface area contributed by atoms with Gasteiger partial charge in [0.2, 0.25) is 0 Å². The molecule has 1 saturated heterocycles. The second kappa shape index (κ2) is 6.22. The third-order valence-corrected chi connectivity index (χ3v) is 3.46. The molecule has 3 nitrogen and oxygen atoms in total. The van der Waals surface area contributed by atoms with Crippen molar-refractivity contribution in [3.05, 3.63) is 29.6 Å². The number of hydrogen-bond acceptors (Lipinski definition) is 4. The summed E-state index contributed by atoms with van der Waals surface area (Å²) >= 11 is 5.06. The summed E-state index contributed by atoms with van der Waals surface area (Å²) in [5.41, 5.74) is 0.717. The number of phenols is 1. The van der Waals surface area contributed by atoms with Gasteiger partial charge in [-0.3, -0.25) is 4.90 Å². The Bertz CT molecular complexity index is 421. The van der Waals surface area contributed by atoms with Gasteiger partial charge in [0.1, 0.15) is 11.6 Å². The number of phenolic OH excluding ortho intramolecular Hbond substituents is 1. The normalized spacial score (nSPS) is 18.5. The van der Waals surface area contributed by atoms with Gasteiger partial charge in [-0.1, -0.05) is 18.3 Å². The summed E-state index contributed by atoms with van der Waals surface area (Å²) < 4.78 is 18.2. The van der Waals surface area contributed by atoms with Gasteiger partial charge in [-0.25, -0.2) is 4.39 Å². The highest BCUT2D eigenvalue weighted by Gasteiger charge is 2.20. The third-order valence-electron chi connectivity index (χ3n) is 3.15. The molecule has 0 saturated carbocycles. The Kier molecular flexibility index (Phi) is 4.63. The summed E-state index contributed by atoms with van der Waals surface area (Å²) in [6.45, 7) is 3.07. The standard InChI is InChI=1S/C13H16FNO2S/c14-11-2-1-10(13(16)8-11)7-12(9-18)15-3-5-17-6-4-15/h1-2,8-9,12,16H,3-7H2. The van der Waals surface area contributed by atoms with Crippen LogP contribution < -0.4 is 0 Å². The average molecular weight is 269 g/mol. The SMILES string of the molecule is Oc1cc(F)ccc1CC(C=S)N1CCOCC1. The first-order chi connectivity index (χ1) is 8.70. The lowest BCUT2D eigenvalue weighted by Crippen LogP contribution is -2.45. The predicted octanol–water partition coefficient (Wildman–Crippen LogP) is 1.77. The molecule has 1 atom stereocenters. The minimum Gasteiger partial charge on any atom is -0.508 e. The first-order valence-electron chi connectivity index (χ1n) is 5.95. The quantitative estimate of drug-likeness (QED) is 0.845. The van der Waals surface area contributed by atoms with Crippen LogP contribution in [-0.4, -0.2) is 47.7 Å². The zero-order valence-corrected chi connectivity index (χ0v) is 10.8. The number of hydrogen-bond donors (Lipinski definition) is 1. The van der Waals surface area contributed by atoms with E-state index in [2.05, 4.69) is 4.90 Å². The van der Waals surface area contributed by atoms with Gasteiger partial charge in [0.25, 0.3) is 0 Å². The zero-order chi connectivity index (χ0) is 13.0. The number of halogens is 1. The summed E-state index contributed by atoms with van der Waals surface area (Å²) in [5.74, 6) is -0.438. The largest absolute Gasteiger partial charge is 0.508 e. The fourth-order valence-electron chi connectivity index (χ4n) is 2.11. The topological polar surface area (TPSA) is 32.7 Å². The first-order valence-corrected chi connectivity index (χ1v) is 6.42. The number of thiocarbonyl (C=S) groups is 1. The van der Waals surface area contributed by atoms with Crippen LogP contribution in [0.2, 0.25) is 0 Å². The Morgan fingerprint density at radius 3 is 2.78 bits per heavy atom. The van der Waals surface area contributed by atoms with Crippen LogP contribution in [0.4, 0.5) is 4.39 Å². The zero-order valence-electron chi connectivity index (χ0n) is 10.0. The van der Waals surface area contributed by atoms with Crippen molar-refractivity contribution in [1.29, 1.82) is 0 Å². The highest BCUT2D eigenvalue weighted by Crippen LogP contribution is 2.21. The first kappa shape index (κ1) is 13.4. The van der Waals surface area contributed by atoms with E-state index in [4.69, 9.17) is 17.0 Å². The van der Waals surface area contributed by atoms with E-state index in [1.54, 1.807) is 11.4 Å². The van der Waals surface area contributed by atoms with Crippen LogP contribution in [0.1, 0.15) is 5.56 Å². The molecule has 0 bridgehead atoms. The van der Waals surface area contributed by atoms with Gasteiger partial charge in [-0.05, 0) is 23.4 Å². The summed E-state index contributed by atoms with van der Waals surface area (Å²) in [4.78, 5) is 2.22. The molecule has 1 N–H and O–H groups in total. The van der Waals surface area contributed by atoms with Gasteiger partial charge in [-0.15, -0.1) is 0 Å². The number of aromatic hydroxyl groups is 1. The second-order valence-electron chi connectivity index (χ2n) is 4.33. The van der Waals surface area contributed by atoms with Crippen molar-refractivity contribution in [3.63, 3.8) is 0 Å². The summed E-state index contributed by atoms with van der Waals surface area (Å²) in [6.07, 6.45) is 0.593. The van der Waals surface area contributed by atoms with Crippen molar-refractivity contribution in [3.8, 4) is 5.75 Å². The van der Waals surface area contributed by atoms with Crippen LogP contribution in [-0.2, 0) is 11.2 Å². The number of nitrogens with zero attached hydrogens (tertiary/aromatic N) is 1. The van der Waals surface area contributed by atoms with Gasteiger partial charge < -0.3 is 9.84 Å². The summed E-state index contributed by atoms with van der Waals surface area (Å²) in [6, 6.07) is 4.17. The summed E-state index contributed by atoms with van der Waals surface area (Å²) in [7, 11) is 0. The predicted molar refractivity (Wildman–Crippen MR) is 71.6 cm³/mol. The molecule has 1 unspecified atom stereocenters. The maximum atomic E-state index is 12.9. The molecule has 2 rings (SSSR count). The van der Waals surface area contributed by atoms with Crippen molar-refractivity contribution < 1.29 is 14.2 Å². The number of morpholine rings is 1. The molecule has 0 aromatic heterocycles. The van der Waals surface area contributed by atoms with E-state index in [0.717, 1.165) is 19.2 Å². The molecule has 5 heteroatoms.